The van der Waals surface area contributed by atoms with Gasteiger partial charge in [-0.05, 0) is 37.3 Å². The maximum atomic E-state index is 12.2. The molecule has 0 aliphatic heterocycles. The van der Waals surface area contributed by atoms with E-state index < -0.39 is 24.2 Å². The van der Waals surface area contributed by atoms with E-state index >= 15 is 0 Å². The van der Waals surface area contributed by atoms with E-state index in [-0.39, 0.29) is 17.9 Å². The molecular formula is C19H19ClN2O5. The summed E-state index contributed by atoms with van der Waals surface area (Å²) in [5.74, 6) is -1.27. The minimum atomic E-state index is -0.578. The van der Waals surface area contributed by atoms with Crippen molar-refractivity contribution >= 4 is 40.8 Å². The highest BCUT2D eigenvalue weighted by atomic mass is 35.5. The van der Waals surface area contributed by atoms with Gasteiger partial charge in [-0.1, -0.05) is 23.7 Å². The number of hydrogen-bond acceptors (Lipinski definition) is 5. The van der Waals surface area contributed by atoms with Gasteiger partial charge < -0.3 is 20.1 Å². The number of para-hydroxylation sites is 1. The molecule has 8 heteroatoms. The van der Waals surface area contributed by atoms with E-state index in [9.17, 15) is 14.4 Å². The first-order valence-corrected chi connectivity index (χ1v) is 8.51. The van der Waals surface area contributed by atoms with Crippen LogP contribution in [0.25, 0.3) is 0 Å². The van der Waals surface area contributed by atoms with Crippen LogP contribution in [0.2, 0.25) is 5.02 Å². The average Bonchev–Trinajstić information content (AvgIpc) is 2.62. The van der Waals surface area contributed by atoms with Gasteiger partial charge in [-0.15, -0.1) is 0 Å². The van der Waals surface area contributed by atoms with Crippen LogP contribution in [0.3, 0.4) is 0 Å². The van der Waals surface area contributed by atoms with Crippen LogP contribution < -0.4 is 15.4 Å². The Kier molecular flexibility index (Phi) is 7.19. The number of hydrogen-bond donors (Lipinski definition) is 2. The summed E-state index contributed by atoms with van der Waals surface area (Å²) in [6, 6.07) is 11.1. The van der Waals surface area contributed by atoms with Crippen molar-refractivity contribution in [2.45, 2.75) is 13.3 Å². The van der Waals surface area contributed by atoms with Gasteiger partial charge in [0.05, 0.1) is 30.7 Å². The monoisotopic (exact) mass is 390 g/mol. The number of ether oxygens (including phenoxy) is 2. The normalized spacial score (nSPS) is 10.0. The van der Waals surface area contributed by atoms with Crippen LogP contribution in [0.1, 0.15) is 23.7 Å². The summed E-state index contributed by atoms with van der Waals surface area (Å²) in [5, 5.41) is 5.54. The summed E-state index contributed by atoms with van der Waals surface area (Å²) in [7, 11) is 1.46. The van der Waals surface area contributed by atoms with Crippen molar-refractivity contribution in [1.29, 1.82) is 0 Å². The molecule has 0 atom stereocenters. The van der Waals surface area contributed by atoms with E-state index in [2.05, 4.69) is 10.6 Å². The summed E-state index contributed by atoms with van der Waals surface area (Å²) >= 11 is 5.91. The predicted octanol–water partition coefficient (Wildman–Crippen LogP) is 3.49. The van der Waals surface area contributed by atoms with Crippen molar-refractivity contribution in [3.63, 3.8) is 0 Å². The number of carbonyl (C=O) groups is 3. The highest BCUT2D eigenvalue weighted by molar-refractivity contribution is 6.31. The first kappa shape index (κ1) is 20.3. The molecule has 2 N–H and O–H groups in total. The number of anilines is 2. The third kappa shape index (κ3) is 5.72. The molecule has 2 aromatic carbocycles. The van der Waals surface area contributed by atoms with Gasteiger partial charge in [-0.2, -0.15) is 0 Å². The third-order valence-corrected chi connectivity index (χ3v) is 3.69. The van der Waals surface area contributed by atoms with Gasteiger partial charge in [-0.25, -0.2) is 4.79 Å². The van der Waals surface area contributed by atoms with Crippen molar-refractivity contribution in [2.75, 3.05) is 24.4 Å². The standard InChI is InChI=1S/C19H19ClN2O5/c1-3-27-19(25)13-6-4-5-7-14(13)21-17(23)11-18(24)22-15-10-12(20)8-9-16(15)26-2/h4-10H,3,11H2,1-2H3,(H,21,23)(H,22,24). The van der Waals surface area contributed by atoms with Crippen molar-refractivity contribution in [3.05, 3.63) is 53.1 Å². The molecule has 0 saturated heterocycles. The Bertz CT molecular complexity index is 854. The maximum Gasteiger partial charge on any atom is 0.340 e. The minimum absolute atomic E-state index is 0.213. The zero-order chi connectivity index (χ0) is 19.8. The molecule has 0 heterocycles. The number of benzene rings is 2. The van der Waals surface area contributed by atoms with E-state index in [1.165, 1.54) is 19.2 Å². The van der Waals surface area contributed by atoms with Crippen molar-refractivity contribution in [1.82, 2.24) is 0 Å². The van der Waals surface area contributed by atoms with Crippen LogP contribution in [0.15, 0.2) is 42.5 Å². The zero-order valence-corrected chi connectivity index (χ0v) is 15.6. The van der Waals surface area contributed by atoms with E-state index in [0.717, 1.165) is 0 Å². The van der Waals surface area contributed by atoms with Crippen LogP contribution in [0.5, 0.6) is 5.75 Å². The highest BCUT2D eigenvalue weighted by Gasteiger charge is 2.16. The van der Waals surface area contributed by atoms with Gasteiger partial charge in [0.15, 0.2) is 0 Å². The number of esters is 1. The fourth-order valence-corrected chi connectivity index (χ4v) is 2.46. The molecule has 0 aliphatic carbocycles. The summed E-state index contributed by atoms with van der Waals surface area (Å²) in [6.45, 7) is 1.90. The summed E-state index contributed by atoms with van der Waals surface area (Å²) in [6.07, 6.45) is -0.452. The first-order valence-electron chi connectivity index (χ1n) is 8.14. The van der Waals surface area contributed by atoms with Crippen LogP contribution in [0.4, 0.5) is 11.4 Å². The van der Waals surface area contributed by atoms with E-state index in [0.29, 0.717) is 16.5 Å². The van der Waals surface area contributed by atoms with E-state index in [1.807, 2.05) is 0 Å². The molecule has 0 bridgehead atoms. The molecule has 0 fully saturated rings. The highest BCUT2D eigenvalue weighted by Crippen LogP contribution is 2.27. The van der Waals surface area contributed by atoms with E-state index in [4.69, 9.17) is 21.1 Å². The molecule has 2 aromatic rings. The predicted molar refractivity (Wildman–Crippen MR) is 102 cm³/mol. The molecule has 0 aromatic heterocycles. The third-order valence-electron chi connectivity index (χ3n) is 3.45. The molecule has 27 heavy (non-hydrogen) atoms. The lowest BCUT2D eigenvalue weighted by Gasteiger charge is -2.12. The average molecular weight is 391 g/mol. The lowest BCUT2D eigenvalue weighted by atomic mass is 10.1. The molecule has 0 saturated carbocycles. The summed E-state index contributed by atoms with van der Waals surface area (Å²) in [5.41, 5.74) is 0.841. The Morgan fingerprint density at radius 2 is 1.67 bits per heavy atom. The van der Waals surface area contributed by atoms with Crippen LogP contribution in [-0.2, 0) is 14.3 Å². The molecule has 7 nitrogen and oxygen atoms in total. The second-order valence-corrected chi connectivity index (χ2v) is 5.82. The topological polar surface area (TPSA) is 93.7 Å². The van der Waals surface area contributed by atoms with Crippen molar-refractivity contribution in [3.8, 4) is 5.75 Å². The van der Waals surface area contributed by atoms with Crippen LogP contribution in [-0.4, -0.2) is 31.5 Å². The molecule has 0 unspecified atom stereocenters. The quantitative estimate of drug-likeness (QED) is 0.557. The van der Waals surface area contributed by atoms with Crippen LogP contribution in [0, 0.1) is 0 Å². The number of halogens is 1. The fourth-order valence-electron chi connectivity index (χ4n) is 2.29. The van der Waals surface area contributed by atoms with Crippen LogP contribution >= 0.6 is 11.6 Å². The zero-order valence-electron chi connectivity index (χ0n) is 14.9. The maximum absolute atomic E-state index is 12.2. The molecule has 142 valence electrons. The summed E-state index contributed by atoms with van der Waals surface area (Å²) < 4.78 is 10.1. The van der Waals surface area contributed by atoms with Crippen molar-refractivity contribution < 1.29 is 23.9 Å². The number of methoxy groups -OCH3 is 1. The van der Waals surface area contributed by atoms with Gasteiger partial charge >= 0.3 is 5.97 Å². The van der Waals surface area contributed by atoms with Gasteiger partial charge in [0.1, 0.15) is 12.2 Å². The number of rotatable bonds is 7. The van der Waals surface area contributed by atoms with Gasteiger partial charge in [0.2, 0.25) is 11.8 Å². The Hall–Kier alpha value is -3.06. The Morgan fingerprint density at radius 1 is 1.00 bits per heavy atom. The fraction of sp³-hybridized carbons (Fsp3) is 0.211. The minimum Gasteiger partial charge on any atom is -0.495 e. The molecule has 0 aliphatic rings. The van der Waals surface area contributed by atoms with E-state index in [1.54, 1.807) is 37.3 Å². The second kappa shape index (κ2) is 9.59. The molecule has 2 amide bonds. The Morgan fingerprint density at radius 3 is 2.33 bits per heavy atom. The molecular weight excluding hydrogens is 372 g/mol. The van der Waals surface area contributed by atoms with Gasteiger partial charge in [0, 0.05) is 5.02 Å². The van der Waals surface area contributed by atoms with Gasteiger partial charge in [-0.3, -0.25) is 9.59 Å². The molecule has 2 rings (SSSR count). The Balaban J connectivity index is 2.03. The largest absolute Gasteiger partial charge is 0.495 e. The summed E-state index contributed by atoms with van der Waals surface area (Å²) in [4.78, 5) is 36.3. The molecule has 0 spiro atoms. The van der Waals surface area contributed by atoms with Crippen molar-refractivity contribution in [2.24, 2.45) is 0 Å². The first-order chi connectivity index (χ1) is 12.9. The smallest absolute Gasteiger partial charge is 0.340 e. The Labute approximate surface area is 161 Å². The lowest BCUT2D eigenvalue weighted by Crippen LogP contribution is -2.22. The van der Waals surface area contributed by atoms with Gasteiger partial charge in [0.25, 0.3) is 0 Å². The SMILES string of the molecule is CCOC(=O)c1ccccc1NC(=O)CC(=O)Nc1cc(Cl)ccc1OC. The number of carbonyl (C=O) groups excluding carboxylic acids is 3. The number of amides is 2. The molecule has 0 radical (unpaired) electrons. The second-order valence-electron chi connectivity index (χ2n) is 5.38. The number of nitrogens with one attached hydrogen (secondary N) is 2. The lowest BCUT2D eigenvalue weighted by molar-refractivity contribution is -0.123.